The van der Waals surface area contributed by atoms with E-state index in [9.17, 15) is 0 Å². The van der Waals surface area contributed by atoms with Crippen molar-refractivity contribution in [1.29, 1.82) is 0 Å². The topological polar surface area (TPSA) is 41.0 Å². The lowest BCUT2D eigenvalue weighted by molar-refractivity contribution is 0.213. The fourth-order valence-corrected chi connectivity index (χ4v) is 2.56. The molecular formula is C17H24N4. The van der Waals surface area contributed by atoms with Crippen LogP contribution in [0.25, 0.3) is 0 Å². The minimum absolute atomic E-state index is 0.392. The van der Waals surface area contributed by atoms with Crippen LogP contribution in [-0.2, 0) is 6.54 Å². The van der Waals surface area contributed by atoms with Gasteiger partial charge in [0.05, 0.1) is 5.69 Å². The number of likely N-dealkylation sites (N-methyl/N-ethyl adjacent to an activating group) is 1. The van der Waals surface area contributed by atoms with Gasteiger partial charge in [0, 0.05) is 25.3 Å². The summed E-state index contributed by atoms with van der Waals surface area (Å²) in [4.78, 5) is 10.7. The second kappa shape index (κ2) is 8.49. The monoisotopic (exact) mass is 284 g/mol. The Hall–Kier alpha value is -1.78. The number of nitrogens with zero attached hydrogens (tertiary/aromatic N) is 3. The van der Waals surface area contributed by atoms with E-state index in [-0.39, 0.29) is 0 Å². The van der Waals surface area contributed by atoms with Gasteiger partial charge in [-0.25, -0.2) is 9.97 Å². The zero-order chi connectivity index (χ0) is 14.9. The van der Waals surface area contributed by atoms with E-state index >= 15 is 0 Å². The van der Waals surface area contributed by atoms with Crippen molar-refractivity contribution in [2.75, 3.05) is 19.6 Å². The molecule has 0 aliphatic carbocycles. The van der Waals surface area contributed by atoms with E-state index in [4.69, 9.17) is 0 Å². The molecule has 1 aromatic heterocycles. The summed E-state index contributed by atoms with van der Waals surface area (Å²) < 4.78 is 0. The molecule has 0 radical (unpaired) electrons. The molecular weight excluding hydrogens is 260 g/mol. The Balaban J connectivity index is 1.99. The van der Waals surface area contributed by atoms with Gasteiger partial charge in [0.25, 0.3) is 0 Å². The van der Waals surface area contributed by atoms with Crippen molar-refractivity contribution in [2.45, 2.75) is 26.4 Å². The largest absolute Gasteiger partial charge is 0.309 e. The van der Waals surface area contributed by atoms with E-state index in [0.717, 1.165) is 31.9 Å². The summed E-state index contributed by atoms with van der Waals surface area (Å²) in [6.07, 6.45) is 3.37. The molecule has 1 aromatic carbocycles. The van der Waals surface area contributed by atoms with Crippen LogP contribution in [0.15, 0.2) is 48.9 Å². The Morgan fingerprint density at radius 3 is 2.48 bits per heavy atom. The highest BCUT2D eigenvalue weighted by Gasteiger charge is 2.17. The molecule has 112 valence electrons. The highest BCUT2D eigenvalue weighted by Crippen LogP contribution is 2.19. The second-order valence-electron chi connectivity index (χ2n) is 4.98. The Kier molecular flexibility index (Phi) is 6.31. The van der Waals surface area contributed by atoms with Crippen LogP contribution in [0.4, 0.5) is 0 Å². The number of benzene rings is 1. The molecule has 1 heterocycles. The molecule has 1 atom stereocenters. The third-order valence-corrected chi connectivity index (χ3v) is 3.72. The van der Waals surface area contributed by atoms with E-state index in [1.54, 1.807) is 12.5 Å². The van der Waals surface area contributed by atoms with Gasteiger partial charge in [0.2, 0.25) is 0 Å². The standard InChI is InChI=1S/C17H24N4/c1-3-21(4-2)17(15-8-6-5-7-9-15)13-19-12-16-10-11-18-14-20-16/h5-11,14,17,19H,3-4,12-13H2,1-2H3. The molecule has 0 fully saturated rings. The molecule has 0 spiro atoms. The maximum Gasteiger partial charge on any atom is 0.115 e. The number of hydrogen-bond acceptors (Lipinski definition) is 4. The summed E-state index contributed by atoms with van der Waals surface area (Å²) in [6.45, 7) is 8.20. The molecule has 0 saturated carbocycles. The summed E-state index contributed by atoms with van der Waals surface area (Å²) in [5, 5.41) is 3.52. The minimum atomic E-state index is 0.392. The predicted octanol–water partition coefficient (Wildman–Crippen LogP) is 2.65. The van der Waals surface area contributed by atoms with Crippen LogP contribution in [-0.4, -0.2) is 34.5 Å². The third kappa shape index (κ3) is 4.62. The Labute approximate surface area is 127 Å². The van der Waals surface area contributed by atoms with Crippen LogP contribution in [0.2, 0.25) is 0 Å². The molecule has 2 rings (SSSR count). The van der Waals surface area contributed by atoms with E-state index < -0.39 is 0 Å². The molecule has 1 unspecified atom stereocenters. The van der Waals surface area contributed by atoms with Crippen molar-refractivity contribution in [3.63, 3.8) is 0 Å². The number of hydrogen-bond donors (Lipinski definition) is 1. The summed E-state index contributed by atoms with van der Waals surface area (Å²) in [5.74, 6) is 0. The fourth-order valence-electron chi connectivity index (χ4n) is 2.56. The van der Waals surface area contributed by atoms with Crippen LogP contribution in [0.3, 0.4) is 0 Å². The lowest BCUT2D eigenvalue weighted by Gasteiger charge is -2.30. The zero-order valence-corrected chi connectivity index (χ0v) is 12.9. The molecule has 0 saturated heterocycles. The SMILES string of the molecule is CCN(CC)C(CNCc1ccncn1)c1ccccc1. The van der Waals surface area contributed by atoms with Crippen LogP contribution in [0, 0.1) is 0 Å². The maximum atomic E-state index is 4.25. The summed E-state index contributed by atoms with van der Waals surface area (Å²) in [5.41, 5.74) is 2.38. The van der Waals surface area contributed by atoms with E-state index in [1.807, 2.05) is 6.07 Å². The maximum absolute atomic E-state index is 4.25. The smallest absolute Gasteiger partial charge is 0.115 e. The van der Waals surface area contributed by atoms with Gasteiger partial charge in [0.15, 0.2) is 0 Å². The van der Waals surface area contributed by atoms with Gasteiger partial charge >= 0.3 is 0 Å². The zero-order valence-electron chi connectivity index (χ0n) is 12.9. The quantitative estimate of drug-likeness (QED) is 0.809. The molecule has 21 heavy (non-hydrogen) atoms. The van der Waals surface area contributed by atoms with Crippen LogP contribution >= 0.6 is 0 Å². The molecule has 2 aromatic rings. The molecule has 0 bridgehead atoms. The first kappa shape index (κ1) is 15.6. The number of rotatable bonds is 8. The van der Waals surface area contributed by atoms with Crippen molar-refractivity contribution < 1.29 is 0 Å². The van der Waals surface area contributed by atoms with Gasteiger partial charge in [-0.3, -0.25) is 4.90 Å². The molecule has 4 heteroatoms. The minimum Gasteiger partial charge on any atom is -0.309 e. The highest BCUT2D eigenvalue weighted by atomic mass is 15.2. The average Bonchev–Trinajstić information content (AvgIpc) is 2.56. The highest BCUT2D eigenvalue weighted by molar-refractivity contribution is 5.19. The first-order chi connectivity index (χ1) is 10.3. The van der Waals surface area contributed by atoms with Crippen molar-refractivity contribution in [1.82, 2.24) is 20.2 Å². The van der Waals surface area contributed by atoms with E-state index in [0.29, 0.717) is 6.04 Å². The number of aromatic nitrogens is 2. The van der Waals surface area contributed by atoms with Crippen molar-refractivity contribution in [2.24, 2.45) is 0 Å². The lowest BCUT2D eigenvalue weighted by Crippen LogP contribution is -2.35. The van der Waals surface area contributed by atoms with Gasteiger partial charge in [0.1, 0.15) is 6.33 Å². The molecule has 0 aliphatic rings. The van der Waals surface area contributed by atoms with Gasteiger partial charge < -0.3 is 5.32 Å². The Bertz CT molecular complexity index is 497. The molecule has 0 aliphatic heterocycles. The molecule has 1 N–H and O–H groups in total. The third-order valence-electron chi connectivity index (χ3n) is 3.72. The Morgan fingerprint density at radius 1 is 1.10 bits per heavy atom. The van der Waals surface area contributed by atoms with Crippen LogP contribution in [0.1, 0.15) is 31.1 Å². The molecule has 4 nitrogen and oxygen atoms in total. The van der Waals surface area contributed by atoms with E-state index in [2.05, 4.69) is 64.4 Å². The van der Waals surface area contributed by atoms with Gasteiger partial charge in [-0.05, 0) is 24.7 Å². The van der Waals surface area contributed by atoms with Crippen LogP contribution < -0.4 is 5.32 Å². The van der Waals surface area contributed by atoms with Gasteiger partial charge in [-0.1, -0.05) is 44.2 Å². The summed E-state index contributed by atoms with van der Waals surface area (Å²) in [7, 11) is 0. The van der Waals surface area contributed by atoms with Crippen molar-refractivity contribution >= 4 is 0 Å². The van der Waals surface area contributed by atoms with Crippen molar-refractivity contribution in [3.8, 4) is 0 Å². The average molecular weight is 284 g/mol. The predicted molar refractivity (Wildman–Crippen MR) is 85.8 cm³/mol. The number of nitrogens with one attached hydrogen (secondary N) is 1. The van der Waals surface area contributed by atoms with Crippen molar-refractivity contribution in [3.05, 3.63) is 60.2 Å². The second-order valence-corrected chi connectivity index (χ2v) is 4.98. The molecule has 0 amide bonds. The lowest BCUT2D eigenvalue weighted by atomic mass is 10.1. The first-order valence-corrected chi connectivity index (χ1v) is 7.59. The first-order valence-electron chi connectivity index (χ1n) is 7.59. The van der Waals surface area contributed by atoms with E-state index in [1.165, 1.54) is 5.56 Å². The van der Waals surface area contributed by atoms with Crippen LogP contribution in [0.5, 0.6) is 0 Å². The summed E-state index contributed by atoms with van der Waals surface area (Å²) >= 11 is 0. The Morgan fingerprint density at radius 2 is 1.86 bits per heavy atom. The summed E-state index contributed by atoms with van der Waals surface area (Å²) in [6, 6.07) is 13.0. The van der Waals surface area contributed by atoms with Gasteiger partial charge in [-0.15, -0.1) is 0 Å². The normalized spacial score (nSPS) is 12.5. The fraction of sp³-hybridized carbons (Fsp3) is 0.412. The van der Waals surface area contributed by atoms with Gasteiger partial charge in [-0.2, -0.15) is 0 Å².